The van der Waals surface area contributed by atoms with Gasteiger partial charge in [-0.05, 0) is 49.6 Å². The first-order valence-corrected chi connectivity index (χ1v) is 8.15. The van der Waals surface area contributed by atoms with E-state index in [1.165, 1.54) is 11.3 Å². The van der Waals surface area contributed by atoms with Crippen molar-refractivity contribution in [2.75, 3.05) is 24.6 Å². The van der Waals surface area contributed by atoms with Crippen molar-refractivity contribution in [2.45, 2.75) is 19.8 Å². The highest BCUT2D eigenvalue weighted by molar-refractivity contribution is 5.91. The van der Waals surface area contributed by atoms with Crippen molar-refractivity contribution in [3.63, 3.8) is 0 Å². The Balaban J connectivity index is 1.82. The van der Waals surface area contributed by atoms with Crippen LogP contribution >= 0.6 is 0 Å². The second-order valence-electron chi connectivity index (χ2n) is 5.59. The highest BCUT2D eigenvalue weighted by Gasteiger charge is 2.18. The van der Waals surface area contributed by atoms with Gasteiger partial charge in [-0.3, -0.25) is 4.79 Å². The highest BCUT2D eigenvalue weighted by Crippen LogP contribution is 2.28. The van der Waals surface area contributed by atoms with Gasteiger partial charge in [0.2, 0.25) is 0 Å². The summed E-state index contributed by atoms with van der Waals surface area (Å²) in [7, 11) is 0. The summed E-state index contributed by atoms with van der Waals surface area (Å²) in [4.78, 5) is 25.1. The van der Waals surface area contributed by atoms with E-state index in [9.17, 15) is 9.59 Å². The molecule has 4 nitrogen and oxygen atoms in total. The van der Waals surface area contributed by atoms with E-state index in [-0.39, 0.29) is 5.97 Å². The van der Waals surface area contributed by atoms with Crippen molar-refractivity contribution < 1.29 is 14.3 Å². The summed E-state index contributed by atoms with van der Waals surface area (Å²) in [5, 5.41) is 0. The average Bonchev–Trinajstić information content (AvgIpc) is 3.00. The number of rotatable bonds is 8. The Morgan fingerprint density at radius 2 is 2.25 bits per heavy atom. The molecule has 1 aromatic rings. The lowest BCUT2D eigenvalue weighted by Gasteiger charge is -2.19. The van der Waals surface area contributed by atoms with Gasteiger partial charge in [0.05, 0.1) is 12.2 Å². The fourth-order valence-electron chi connectivity index (χ4n) is 2.80. The summed E-state index contributed by atoms with van der Waals surface area (Å²) >= 11 is 0. The van der Waals surface area contributed by atoms with E-state index >= 15 is 0 Å². The highest BCUT2D eigenvalue weighted by atomic mass is 16.5. The van der Waals surface area contributed by atoms with Crippen LogP contribution in [0.1, 0.15) is 29.3 Å². The SMILES string of the molecule is C=C/C=C(\C=C/C)C(=O)OCCCN1CCc2cc(C=O)ccc21. The molecule has 1 aliphatic rings. The number of hydrogen-bond acceptors (Lipinski definition) is 4. The van der Waals surface area contributed by atoms with E-state index in [0.29, 0.717) is 12.2 Å². The molecule has 0 radical (unpaired) electrons. The Kier molecular flexibility index (Phi) is 6.55. The van der Waals surface area contributed by atoms with Gasteiger partial charge >= 0.3 is 5.97 Å². The largest absolute Gasteiger partial charge is 0.462 e. The molecule has 0 aliphatic carbocycles. The number of hydrogen-bond donors (Lipinski definition) is 0. The van der Waals surface area contributed by atoms with Crippen LogP contribution in [0.15, 0.2) is 54.7 Å². The van der Waals surface area contributed by atoms with Gasteiger partial charge in [0, 0.05) is 24.3 Å². The van der Waals surface area contributed by atoms with E-state index in [0.717, 1.165) is 37.8 Å². The third kappa shape index (κ3) is 4.44. The minimum absolute atomic E-state index is 0.328. The number of carbonyl (C=O) groups is 2. The summed E-state index contributed by atoms with van der Waals surface area (Å²) in [6, 6.07) is 5.79. The molecule has 0 saturated carbocycles. The molecule has 0 N–H and O–H groups in total. The molecular formula is C20H23NO3. The van der Waals surface area contributed by atoms with Gasteiger partial charge in [-0.1, -0.05) is 24.8 Å². The second-order valence-corrected chi connectivity index (χ2v) is 5.59. The van der Waals surface area contributed by atoms with Crippen LogP contribution in [0.25, 0.3) is 0 Å². The minimum Gasteiger partial charge on any atom is -0.462 e. The number of benzene rings is 1. The van der Waals surface area contributed by atoms with E-state index in [2.05, 4.69) is 11.5 Å². The third-order valence-electron chi connectivity index (χ3n) is 3.92. The Bertz CT molecular complexity index is 673. The fraction of sp³-hybridized carbons (Fsp3) is 0.300. The van der Waals surface area contributed by atoms with Crippen molar-refractivity contribution in [2.24, 2.45) is 0 Å². The van der Waals surface area contributed by atoms with Crippen LogP contribution in [0.2, 0.25) is 0 Å². The van der Waals surface area contributed by atoms with Gasteiger partial charge in [-0.15, -0.1) is 0 Å². The van der Waals surface area contributed by atoms with Crippen molar-refractivity contribution in [3.8, 4) is 0 Å². The first-order chi connectivity index (χ1) is 11.7. The number of esters is 1. The van der Waals surface area contributed by atoms with Crippen LogP contribution in [0.3, 0.4) is 0 Å². The lowest BCUT2D eigenvalue weighted by molar-refractivity contribution is -0.138. The standard InChI is InChI=1S/C20H23NO3/c1-3-6-17(7-4-2)20(23)24-13-5-11-21-12-10-18-14-16(15-22)8-9-19(18)21/h3-4,6-9,14-15H,1,5,10-13H2,2H3/b7-4-,17-6+. The Hall–Kier alpha value is -2.62. The van der Waals surface area contributed by atoms with Gasteiger partial charge in [-0.25, -0.2) is 4.79 Å². The van der Waals surface area contributed by atoms with Gasteiger partial charge in [0.15, 0.2) is 0 Å². The van der Waals surface area contributed by atoms with Crippen LogP contribution in [-0.4, -0.2) is 32.0 Å². The first-order valence-electron chi connectivity index (χ1n) is 8.15. The molecule has 2 rings (SSSR count). The lowest BCUT2D eigenvalue weighted by Crippen LogP contribution is -2.23. The summed E-state index contributed by atoms with van der Waals surface area (Å²) in [6.45, 7) is 7.59. The molecule has 1 heterocycles. The number of fused-ring (bicyclic) bond motifs is 1. The van der Waals surface area contributed by atoms with Gasteiger partial charge in [0.25, 0.3) is 0 Å². The molecule has 126 valence electrons. The van der Waals surface area contributed by atoms with Crippen molar-refractivity contribution in [1.82, 2.24) is 0 Å². The molecule has 0 fully saturated rings. The molecule has 0 unspecified atom stereocenters. The average molecular weight is 325 g/mol. The fourth-order valence-corrected chi connectivity index (χ4v) is 2.80. The van der Waals surface area contributed by atoms with E-state index in [1.807, 2.05) is 25.1 Å². The predicted octanol–water partition coefficient (Wildman–Crippen LogP) is 3.48. The normalized spacial score (nSPS) is 13.9. The molecule has 0 bridgehead atoms. The first kappa shape index (κ1) is 17.7. The maximum atomic E-state index is 12.0. The number of anilines is 1. The van der Waals surface area contributed by atoms with Crippen LogP contribution < -0.4 is 4.90 Å². The molecule has 0 atom stereocenters. The molecule has 0 aromatic heterocycles. The molecule has 0 amide bonds. The maximum absolute atomic E-state index is 12.0. The van der Waals surface area contributed by atoms with Gasteiger partial charge in [-0.2, -0.15) is 0 Å². The summed E-state index contributed by atoms with van der Waals surface area (Å²) in [6.07, 6.45) is 9.31. The summed E-state index contributed by atoms with van der Waals surface area (Å²) < 4.78 is 5.31. The number of ether oxygens (including phenoxy) is 1. The van der Waals surface area contributed by atoms with Crippen LogP contribution in [0.5, 0.6) is 0 Å². The van der Waals surface area contributed by atoms with Crippen molar-refractivity contribution in [1.29, 1.82) is 0 Å². The topological polar surface area (TPSA) is 46.6 Å². The van der Waals surface area contributed by atoms with Crippen molar-refractivity contribution in [3.05, 3.63) is 65.8 Å². The van der Waals surface area contributed by atoms with Gasteiger partial charge in [0.1, 0.15) is 6.29 Å². The minimum atomic E-state index is -0.328. The van der Waals surface area contributed by atoms with Crippen LogP contribution in [0.4, 0.5) is 5.69 Å². The predicted molar refractivity (Wildman–Crippen MR) is 96.4 cm³/mol. The zero-order chi connectivity index (χ0) is 17.4. The van der Waals surface area contributed by atoms with Crippen molar-refractivity contribution >= 4 is 17.9 Å². The number of nitrogens with zero attached hydrogens (tertiary/aromatic N) is 1. The Labute approximate surface area is 143 Å². The quantitative estimate of drug-likeness (QED) is 0.241. The third-order valence-corrected chi connectivity index (χ3v) is 3.92. The van der Waals surface area contributed by atoms with E-state index in [4.69, 9.17) is 4.74 Å². The number of carbonyl (C=O) groups excluding carboxylic acids is 2. The molecule has 0 saturated heterocycles. The zero-order valence-electron chi connectivity index (χ0n) is 14.0. The molecule has 1 aliphatic heterocycles. The maximum Gasteiger partial charge on any atom is 0.338 e. The molecule has 4 heteroatoms. The zero-order valence-corrected chi connectivity index (χ0v) is 14.0. The number of aldehydes is 1. The smallest absolute Gasteiger partial charge is 0.338 e. The van der Waals surface area contributed by atoms with Gasteiger partial charge < -0.3 is 9.64 Å². The number of allylic oxidation sites excluding steroid dienone is 3. The van der Waals surface area contributed by atoms with E-state index in [1.54, 1.807) is 24.3 Å². The van der Waals surface area contributed by atoms with Crippen LogP contribution in [0, 0.1) is 0 Å². The van der Waals surface area contributed by atoms with Crippen LogP contribution in [-0.2, 0) is 16.0 Å². The van der Waals surface area contributed by atoms with E-state index < -0.39 is 0 Å². The lowest BCUT2D eigenvalue weighted by atomic mass is 10.1. The summed E-state index contributed by atoms with van der Waals surface area (Å²) in [5.41, 5.74) is 3.60. The monoisotopic (exact) mass is 325 g/mol. The molecule has 24 heavy (non-hydrogen) atoms. The summed E-state index contributed by atoms with van der Waals surface area (Å²) in [5.74, 6) is -0.328. The Morgan fingerprint density at radius 3 is 2.96 bits per heavy atom. The molecular weight excluding hydrogens is 302 g/mol. The second kappa shape index (κ2) is 8.87. The Morgan fingerprint density at radius 1 is 1.42 bits per heavy atom. The molecule has 0 spiro atoms. The molecule has 1 aromatic carbocycles.